The Balaban J connectivity index is 1.73. The molecule has 0 radical (unpaired) electrons. The van der Waals surface area contributed by atoms with Gasteiger partial charge in [-0.3, -0.25) is 0 Å². The third kappa shape index (κ3) is 2.73. The van der Waals surface area contributed by atoms with Crippen LogP contribution >= 0.6 is 0 Å². The van der Waals surface area contributed by atoms with Crippen LogP contribution in [0, 0.1) is 0 Å². The van der Waals surface area contributed by atoms with Crippen LogP contribution in [0.3, 0.4) is 0 Å². The van der Waals surface area contributed by atoms with E-state index in [0.717, 1.165) is 25.7 Å². The molecule has 21 heavy (non-hydrogen) atoms. The number of amides is 2. The number of urea groups is 1. The molecule has 1 aliphatic carbocycles. The smallest absolute Gasteiger partial charge is 0.326 e. The first kappa shape index (κ1) is 13.9. The first-order chi connectivity index (χ1) is 10.2. The Labute approximate surface area is 123 Å². The molecular weight excluding hydrogens is 268 g/mol. The molecule has 2 amide bonds. The topological polar surface area (TPSA) is 69.6 Å². The summed E-state index contributed by atoms with van der Waals surface area (Å²) in [5, 5.41) is 12.2. The van der Waals surface area contributed by atoms with Crippen molar-refractivity contribution in [3.8, 4) is 0 Å². The number of carbonyl (C=O) groups excluding carboxylic acids is 1. The molecule has 3 rings (SSSR count). The fraction of sp³-hybridized carbons (Fsp3) is 0.500. The normalized spacial score (nSPS) is 24.5. The zero-order chi connectivity index (χ0) is 14.8. The van der Waals surface area contributed by atoms with Gasteiger partial charge in [0.2, 0.25) is 0 Å². The van der Waals surface area contributed by atoms with Gasteiger partial charge in [-0.15, -0.1) is 0 Å². The summed E-state index contributed by atoms with van der Waals surface area (Å²) >= 11 is 0. The highest BCUT2D eigenvalue weighted by molar-refractivity contribution is 5.83. The van der Waals surface area contributed by atoms with Crippen LogP contribution < -0.4 is 5.32 Å². The van der Waals surface area contributed by atoms with Crippen molar-refractivity contribution in [2.24, 2.45) is 0 Å². The third-order valence-electron chi connectivity index (χ3n) is 4.47. The molecule has 1 heterocycles. The molecule has 1 saturated heterocycles. The number of carbonyl (C=O) groups is 2. The van der Waals surface area contributed by atoms with Crippen LogP contribution in [0.25, 0.3) is 0 Å². The average Bonchev–Trinajstić information content (AvgIpc) is 2.97. The van der Waals surface area contributed by atoms with Crippen molar-refractivity contribution < 1.29 is 14.7 Å². The predicted molar refractivity (Wildman–Crippen MR) is 78.0 cm³/mol. The van der Waals surface area contributed by atoms with Crippen LogP contribution in [-0.2, 0) is 11.2 Å². The van der Waals surface area contributed by atoms with E-state index in [0.29, 0.717) is 13.0 Å². The summed E-state index contributed by atoms with van der Waals surface area (Å²) in [5.74, 6) is -0.910. The number of fused-ring (bicyclic) bond motifs is 1. The van der Waals surface area contributed by atoms with Crippen LogP contribution in [0.4, 0.5) is 4.79 Å². The first-order valence-electron chi connectivity index (χ1n) is 7.54. The fourth-order valence-corrected chi connectivity index (χ4v) is 3.40. The number of benzene rings is 1. The van der Waals surface area contributed by atoms with Crippen LogP contribution in [0.2, 0.25) is 0 Å². The lowest BCUT2D eigenvalue weighted by Gasteiger charge is -2.29. The number of carboxylic acid groups (broad SMARTS) is 1. The van der Waals surface area contributed by atoms with Crippen molar-refractivity contribution >= 4 is 12.0 Å². The zero-order valence-electron chi connectivity index (χ0n) is 11.9. The summed E-state index contributed by atoms with van der Waals surface area (Å²) in [5.41, 5.74) is 2.45. The number of aliphatic carboxylic acids is 1. The second kappa shape index (κ2) is 5.76. The number of carboxylic acids is 1. The van der Waals surface area contributed by atoms with Gasteiger partial charge in [0.1, 0.15) is 6.04 Å². The standard InChI is InChI=1S/C16H20N2O3/c19-15(20)14-9-4-10-18(14)16(21)17-13-8-3-6-11-5-1-2-7-12(11)13/h1-2,5,7,13-14H,3-4,6,8-10H2,(H,17,21)(H,19,20). The third-order valence-corrected chi connectivity index (χ3v) is 4.47. The van der Waals surface area contributed by atoms with Crippen LogP contribution in [0.1, 0.15) is 42.9 Å². The predicted octanol–water partition coefficient (Wildman–Crippen LogP) is 2.32. The van der Waals surface area contributed by atoms with Gasteiger partial charge in [-0.05, 0) is 43.2 Å². The largest absolute Gasteiger partial charge is 0.480 e. The number of hydrogen-bond acceptors (Lipinski definition) is 2. The van der Waals surface area contributed by atoms with E-state index in [1.165, 1.54) is 16.0 Å². The molecule has 0 saturated carbocycles. The summed E-state index contributed by atoms with van der Waals surface area (Å²) in [6.07, 6.45) is 4.30. The molecule has 1 aromatic carbocycles. The number of nitrogens with zero attached hydrogens (tertiary/aromatic N) is 1. The maximum Gasteiger partial charge on any atom is 0.326 e. The van der Waals surface area contributed by atoms with Gasteiger partial charge in [-0.1, -0.05) is 24.3 Å². The minimum atomic E-state index is -0.910. The van der Waals surface area contributed by atoms with Crippen molar-refractivity contribution in [2.75, 3.05) is 6.54 Å². The van der Waals surface area contributed by atoms with Gasteiger partial charge in [0.05, 0.1) is 6.04 Å². The van der Waals surface area contributed by atoms with Gasteiger partial charge in [-0.25, -0.2) is 9.59 Å². The molecule has 2 N–H and O–H groups in total. The Bertz CT molecular complexity index is 558. The molecule has 0 aromatic heterocycles. The van der Waals surface area contributed by atoms with Gasteiger partial charge in [0.15, 0.2) is 0 Å². The van der Waals surface area contributed by atoms with Crippen LogP contribution in [0.15, 0.2) is 24.3 Å². The van der Waals surface area contributed by atoms with Gasteiger partial charge in [0, 0.05) is 6.54 Å². The highest BCUT2D eigenvalue weighted by Gasteiger charge is 2.35. The van der Waals surface area contributed by atoms with E-state index >= 15 is 0 Å². The number of rotatable bonds is 2. The summed E-state index contributed by atoms with van der Waals surface area (Å²) in [6.45, 7) is 0.525. The number of aryl methyl sites for hydroxylation is 1. The van der Waals surface area contributed by atoms with E-state index in [-0.39, 0.29) is 12.1 Å². The van der Waals surface area contributed by atoms with Crippen molar-refractivity contribution in [3.63, 3.8) is 0 Å². The van der Waals surface area contributed by atoms with E-state index in [9.17, 15) is 14.7 Å². The quantitative estimate of drug-likeness (QED) is 0.877. The fourth-order valence-electron chi connectivity index (χ4n) is 3.40. The van der Waals surface area contributed by atoms with Crippen LogP contribution in [0.5, 0.6) is 0 Å². The molecule has 2 aliphatic rings. The minimum Gasteiger partial charge on any atom is -0.480 e. The molecule has 1 aliphatic heterocycles. The number of nitrogens with one attached hydrogen (secondary N) is 1. The monoisotopic (exact) mass is 288 g/mol. The lowest BCUT2D eigenvalue weighted by molar-refractivity contribution is -0.141. The zero-order valence-corrected chi connectivity index (χ0v) is 11.9. The number of hydrogen-bond donors (Lipinski definition) is 2. The van der Waals surface area contributed by atoms with E-state index in [1.54, 1.807) is 0 Å². The van der Waals surface area contributed by atoms with E-state index < -0.39 is 12.0 Å². The van der Waals surface area contributed by atoms with Crippen molar-refractivity contribution in [2.45, 2.75) is 44.2 Å². The Kier molecular flexibility index (Phi) is 3.82. The molecule has 2 unspecified atom stereocenters. The van der Waals surface area contributed by atoms with Crippen molar-refractivity contribution in [1.29, 1.82) is 0 Å². The van der Waals surface area contributed by atoms with Gasteiger partial charge in [-0.2, -0.15) is 0 Å². The second-order valence-electron chi connectivity index (χ2n) is 5.78. The second-order valence-corrected chi connectivity index (χ2v) is 5.78. The summed E-state index contributed by atoms with van der Waals surface area (Å²) in [7, 11) is 0. The Morgan fingerprint density at radius 2 is 2.00 bits per heavy atom. The summed E-state index contributed by atoms with van der Waals surface area (Å²) in [4.78, 5) is 25.0. The maximum atomic E-state index is 12.4. The van der Waals surface area contributed by atoms with E-state index in [1.807, 2.05) is 12.1 Å². The number of likely N-dealkylation sites (tertiary alicyclic amines) is 1. The Hall–Kier alpha value is -2.04. The first-order valence-corrected chi connectivity index (χ1v) is 7.54. The molecule has 5 nitrogen and oxygen atoms in total. The molecule has 0 spiro atoms. The molecule has 0 bridgehead atoms. The van der Waals surface area contributed by atoms with Gasteiger partial charge < -0.3 is 15.3 Å². The summed E-state index contributed by atoms with van der Waals surface area (Å²) < 4.78 is 0. The SMILES string of the molecule is O=C(O)C1CCCN1C(=O)NC1CCCc2ccccc21. The highest BCUT2D eigenvalue weighted by Crippen LogP contribution is 2.30. The molecular formula is C16H20N2O3. The molecule has 1 fully saturated rings. The van der Waals surface area contributed by atoms with Crippen molar-refractivity contribution in [1.82, 2.24) is 10.2 Å². The molecule has 112 valence electrons. The Morgan fingerprint density at radius 3 is 2.81 bits per heavy atom. The average molecular weight is 288 g/mol. The van der Waals surface area contributed by atoms with Gasteiger partial charge >= 0.3 is 12.0 Å². The lowest BCUT2D eigenvalue weighted by atomic mass is 9.88. The Morgan fingerprint density at radius 1 is 1.19 bits per heavy atom. The highest BCUT2D eigenvalue weighted by atomic mass is 16.4. The van der Waals surface area contributed by atoms with E-state index in [2.05, 4.69) is 17.4 Å². The van der Waals surface area contributed by atoms with Crippen LogP contribution in [-0.4, -0.2) is 34.6 Å². The van der Waals surface area contributed by atoms with Gasteiger partial charge in [0.25, 0.3) is 0 Å². The summed E-state index contributed by atoms with van der Waals surface area (Å²) in [6, 6.07) is 7.23. The molecule has 2 atom stereocenters. The molecule has 1 aromatic rings. The van der Waals surface area contributed by atoms with Crippen molar-refractivity contribution in [3.05, 3.63) is 35.4 Å². The maximum absolute atomic E-state index is 12.4. The minimum absolute atomic E-state index is 0.00232. The van der Waals surface area contributed by atoms with E-state index in [4.69, 9.17) is 0 Å². The lowest BCUT2D eigenvalue weighted by Crippen LogP contribution is -2.47. The molecule has 5 heteroatoms.